The topological polar surface area (TPSA) is 89.5 Å². The van der Waals surface area contributed by atoms with Crippen LogP contribution in [-0.4, -0.2) is 49.4 Å². The number of rotatable bonds is 7. The Bertz CT molecular complexity index is 968. The van der Waals surface area contributed by atoms with Gasteiger partial charge in [0.15, 0.2) is 16.4 Å². The molecule has 28 heavy (non-hydrogen) atoms. The minimum absolute atomic E-state index is 0.0480. The lowest BCUT2D eigenvalue weighted by molar-refractivity contribution is -0.146. The molecule has 3 rings (SSSR count). The second kappa shape index (κ2) is 8.96. The zero-order valence-electron chi connectivity index (χ0n) is 15.6. The second-order valence-corrected chi connectivity index (χ2v) is 10.4. The predicted molar refractivity (Wildman–Crippen MR) is 111 cm³/mol. The molecule has 0 aliphatic carbocycles. The average Bonchev–Trinajstić information content (AvgIpc) is 3.03. The molecule has 1 heterocycles. The van der Waals surface area contributed by atoms with Crippen molar-refractivity contribution in [3.8, 4) is 0 Å². The van der Waals surface area contributed by atoms with Crippen molar-refractivity contribution in [1.29, 1.82) is 0 Å². The highest BCUT2D eigenvalue weighted by molar-refractivity contribution is 8.02. The van der Waals surface area contributed by atoms with Gasteiger partial charge in [-0.3, -0.25) is 9.59 Å². The lowest BCUT2D eigenvalue weighted by atomic mass is 10.00. The van der Waals surface area contributed by atoms with Crippen molar-refractivity contribution >= 4 is 44.2 Å². The lowest BCUT2D eigenvalue weighted by Crippen LogP contribution is -2.31. The maximum Gasteiger partial charge on any atom is 0.316 e. The van der Waals surface area contributed by atoms with E-state index in [0.29, 0.717) is 6.42 Å². The highest BCUT2D eigenvalue weighted by Crippen LogP contribution is 2.25. The predicted octanol–water partition coefficient (Wildman–Crippen LogP) is 2.48. The van der Waals surface area contributed by atoms with Crippen molar-refractivity contribution < 1.29 is 22.7 Å². The van der Waals surface area contributed by atoms with Crippen molar-refractivity contribution in [2.45, 2.75) is 24.6 Å². The molecule has 1 aliphatic rings. The summed E-state index contributed by atoms with van der Waals surface area (Å²) >= 11 is 1.27. The van der Waals surface area contributed by atoms with Crippen LogP contribution in [0.3, 0.4) is 0 Å². The Hall–Kier alpha value is -2.06. The normalized spacial score (nSPS) is 19.2. The summed E-state index contributed by atoms with van der Waals surface area (Å²) in [4.78, 5) is 24.0. The molecule has 1 aliphatic heterocycles. The molecule has 2 aromatic carbocycles. The molecule has 2 atom stereocenters. The minimum Gasteiger partial charge on any atom is -0.455 e. The molecule has 0 saturated carbocycles. The Labute approximate surface area is 168 Å². The van der Waals surface area contributed by atoms with E-state index in [0.717, 1.165) is 16.3 Å². The van der Waals surface area contributed by atoms with Crippen LogP contribution in [0.15, 0.2) is 42.5 Å². The molecule has 0 aromatic heterocycles. The van der Waals surface area contributed by atoms with Crippen LogP contribution in [0.4, 0.5) is 0 Å². The van der Waals surface area contributed by atoms with Crippen LogP contribution in [0.25, 0.3) is 10.8 Å². The fourth-order valence-electron chi connectivity index (χ4n) is 3.25. The smallest absolute Gasteiger partial charge is 0.316 e. The molecule has 1 amide bonds. The molecule has 8 heteroatoms. The number of hydrogen-bond donors (Lipinski definition) is 1. The largest absolute Gasteiger partial charge is 0.455 e. The summed E-state index contributed by atoms with van der Waals surface area (Å²) in [7, 11) is -2.96. The Kier molecular flexibility index (Phi) is 6.61. The van der Waals surface area contributed by atoms with Gasteiger partial charge in [0.1, 0.15) is 0 Å². The molecule has 1 N–H and O–H groups in total. The first kappa shape index (κ1) is 20.7. The average molecular weight is 422 g/mol. The van der Waals surface area contributed by atoms with Crippen molar-refractivity contribution in [3.63, 3.8) is 0 Å². The number of sulfone groups is 1. The van der Waals surface area contributed by atoms with Crippen LogP contribution >= 0.6 is 11.8 Å². The molecule has 150 valence electrons. The second-order valence-electron chi connectivity index (χ2n) is 6.85. The Morgan fingerprint density at radius 2 is 1.96 bits per heavy atom. The van der Waals surface area contributed by atoms with Gasteiger partial charge in [0.25, 0.3) is 5.91 Å². The van der Waals surface area contributed by atoms with E-state index < -0.39 is 15.8 Å². The minimum atomic E-state index is -2.96. The Morgan fingerprint density at radius 3 is 2.71 bits per heavy atom. The first-order chi connectivity index (χ1) is 13.3. The number of nitrogens with one attached hydrogen (secondary N) is 1. The number of esters is 1. The van der Waals surface area contributed by atoms with E-state index >= 15 is 0 Å². The number of ether oxygens (including phenoxy) is 1. The number of amides is 1. The van der Waals surface area contributed by atoms with Crippen LogP contribution < -0.4 is 5.32 Å². The van der Waals surface area contributed by atoms with Crippen molar-refractivity contribution in [3.05, 3.63) is 48.0 Å². The SMILES string of the molecule is C[C@H](NC(=O)COC(=O)CS[C@@H]1CCS(=O)(=O)C1)c1cccc2ccccc12. The van der Waals surface area contributed by atoms with Crippen molar-refractivity contribution in [2.75, 3.05) is 23.9 Å². The monoisotopic (exact) mass is 421 g/mol. The highest BCUT2D eigenvalue weighted by Gasteiger charge is 2.28. The van der Waals surface area contributed by atoms with Gasteiger partial charge in [-0.05, 0) is 29.7 Å². The summed E-state index contributed by atoms with van der Waals surface area (Å²) in [6, 6.07) is 13.6. The third kappa shape index (κ3) is 5.48. The van der Waals surface area contributed by atoms with E-state index in [1.54, 1.807) is 0 Å². The number of carbonyl (C=O) groups excluding carboxylic acids is 2. The summed E-state index contributed by atoms with van der Waals surface area (Å²) in [6.07, 6.45) is 0.559. The number of thioether (sulfide) groups is 1. The molecule has 0 unspecified atom stereocenters. The maximum absolute atomic E-state index is 12.1. The van der Waals surface area contributed by atoms with E-state index in [4.69, 9.17) is 4.74 Å². The van der Waals surface area contributed by atoms with Crippen LogP contribution in [-0.2, 0) is 24.2 Å². The molecule has 2 aromatic rings. The summed E-state index contributed by atoms with van der Waals surface area (Å²) in [5, 5.41) is 4.94. The zero-order chi connectivity index (χ0) is 20.1. The lowest BCUT2D eigenvalue weighted by Gasteiger charge is -2.16. The fourth-order valence-corrected chi connectivity index (χ4v) is 6.69. The summed E-state index contributed by atoms with van der Waals surface area (Å²) in [6.45, 7) is 1.54. The van der Waals surface area contributed by atoms with E-state index in [2.05, 4.69) is 5.32 Å². The molecule has 0 radical (unpaired) electrons. The standard InChI is InChI=1S/C20H23NO5S2/c1-14(17-8-4-6-15-5-2-3-7-18(15)17)21-19(22)11-26-20(23)12-27-16-9-10-28(24,25)13-16/h2-8,14,16H,9-13H2,1H3,(H,21,22)/t14-,16+/m0/s1. The third-order valence-electron chi connectivity index (χ3n) is 4.66. The Balaban J connectivity index is 1.45. The van der Waals surface area contributed by atoms with Crippen molar-refractivity contribution in [2.24, 2.45) is 0 Å². The highest BCUT2D eigenvalue weighted by atomic mass is 32.2. The number of fused-ring (bicyclic) bond motifs is 1. The summed E-state index contributed by atoms with van der Waals surface area (Å²) < 4.78 is 27.9. The van der Waals surface area contributed by atoms with E-state index in [1.165, 1.54) is 11.8 Å². The van der Waals surface area contributed by atoms with Crippen LogP contribution in [0.1, 0.15) is 24.9 Å². The zero-order valence-corrected chi connectivity index (χ0v) is 17.2. The summed E-state index contributed by atoms with van der Waals surface area (Å²) in [5.74, 6) is -0.557. The molecular formula is C20H23NO5S2. The van der Waals surface area contributed by atoms with Gasteiger partial charge in [-0.15, -0.1) is 11.8 Å². The van der Waals surface area contributed by atoms with E-state index in [1.807, 2.05) is 49.4 Å². The van der Waals surface area contributed by atoms with Gasteiger partial charge >= 0.3 is 5.97 Å². The van der Waals surface area contributed by atoms with Gasteiger partial charge in [-0.2, -0.15) is 0 Å². The Morgan fingerprint density at radius 1 is 1.21 bits per heavy atom. The van der Waals surface area contributed by atoms with Crippen LogP contribution in [0.5, 0.6) is 0 Å². The quantitative estimate of drug-likeness (QED) is 0.691. The molecule has 6 nitrogen and oxygen atoms in total. The van der Waals surface area contributed by atoms with Gasteiger partial charge in [-0.1, -0.05) is 42.5 Å². The molecule has 0 spiro atoms. The molecule has 1 saturated heterocycles. The van der Waals surface area contributed by atoms with Gasteiger partial charge in [0.2, 0.25) is 0 Å². The first-order valence-corrected chi connectivity index (χ1v) is 12.0. The van der Waals surface area contributed by atoms with Crippen LogP contribution in [0, 0.1) is 0 Å². The number of hydrogen-bond acceptors (Lipinski definition) is 6. The van der Waals surface area contributed by atoms with E-state index in [-0.39, 0.29) is 41.1 Å². The molecular weight excluding hydrogens is 398 g/mol. The van der Waals surface area contributed by atoms with Gasteiger partial charge in [-0.25, -0.2) is 8.42 Å². The van der Waals surface area contributed by atoms with Gasteiger partial charge < -0.3 is 10.1 Å². The third-order valence-corrected chi connectivity index (χ3v) is 7.91. The molecule has 0 bridgehead atoms. The maximum atomic E-state index is 12.1. The van der Waals surface area contributed by atoms with E-state index in [9.17, 15) is 18.0 Å². The molecule has 1 fully saturated rings. The van der Waals surface area contributed by atoms with Gasteiger partial charge in [0, 0.05) is 5.25 Å². The first-order valence-electron chi connectivity index (χ1n) is 9.09. The van der Waals surface area contributed by atoms with Crippen molar-refractivity contribution in [1.82, 2.24) is 5.32 Å². The number of benzene rings is 2. The number of carbonyl (C=O) groups is 2. The van der Waals surface area contributed by atoms with Gasteiger partial charge in [0.05, 0.1) is 23.3 Å². The summed E-state index contributed by atoms with van der Waals surface area (Å²) in [5.41, 5.74) is 0.996. The van der Waals surface area contributed by atoms with Crippen LogP contribution in [0.2, 0.25) is 0 Å². The fraction of sp³-hybridized carbons (Fsp3) is 0.400.